The molecule has 1 aliphatic heterocycles. The first kappa shape index (κ1) is 20.3. The van der Waals surface area contributed by atoms with Crippen molar-refractivity contribution in [2.45, 2.75) is 19.8 Å². The molecule has 1 fully saturated rings. The molecule has 7 nitrogen and oxygen atoms in total. The third-order valence-electron chi connectivity index (χ3n) is 5.01. The minimum absolute atomic E-state index is 0.0732. The first-order chi connectivity index (χ1) is 14.4. The number of anilines is 1. The Labute approximate surface area is 178 Å². The van der Waals surface area contributed by atoms with Crippen molar-refractivity contribution in [3.63, 3.8) is 0 Å². The minimum Gasteiger partial charge on any atom is -0.353 e. The first-order valence-corrected chi connectivity index (χ1v) is 10.1. The Morgan fingerprint density at radius 1 is 1.17 bits per heavy atom. The number of halogens is 2. The van der Waals surface area contributed by atoms with Gasteiger partial charge >= 0.3 is 0 Å². The molecule has 0 saturated carbocycles. The van der Waals surface area contributed by atoms with Crippen LogP contribution >= 0.6 is 11.6 Å². The lowest BCUT2D eigenvalue weighted by Crippen LogP contribution is -2.49. The number of carbonyl (C=O) groups excluding carboxylic acids is 1. The first-order valence-electron chi connectivity index (χ1n) is 9.72. The molecule has 156 valence electrons. The van der Waals surface area contributed by atoms with E-state index in [1.165, 1.54) is 18.2 Å². The third-order valence-corrected chi connectivity index (χ3v) is 5.32. The largest absolute Gasteiger partial charge is 0.353 e. The van der Waals surface area contributed by atoms with Crippen molar-refractivity contribution in [3.8, 4) is 11.4 Å². The van der Waals surface area contributed by atoms with Crippen molar-refractivity contribution >= 4 is 23.3 Å². The van der Waals surface area contributed by atoms with E-state index in [1.54, 1.807) is 11.1 Å². The standard InChI is InChI=1S/C21H21ClFN5O2/c1-13(2)20-25-19(26-30-20)14-6-7-17(24-12-14)27-8-10-28(11-9-27)21(29)18-15(22)4-3-5-16(18)23/h3-7,12-13H,8-11H2,1-2H3. The van der Waals surface area contributed by atoms with Crippen molar-refractivity contribution in [2.75, 3.05) is 31.1 Å². The predicted octanol–water partition coefficient (Wildman–Crippen LogP) is 4.01. The van der Waals surface area contributed by atoms with Gasteiger partial charge in [0.1, 0.15) is 11.6 Å². The molecule has 0 bridgehead atoms. The highest BCUT2D eigenvalue weighted by Crippen LogP contribution is 2.24. The van der Waals surface area contributed by atoms with Crippen LogP contribution in [0.5, 0.6) is 0 Å². The van der Waals surface area contributed by atoms with Gasteiger partial charge in [-0.05, 0) is 24.3 Å². The van der Waals surface area contributed by atoms with E-state index >= 15 is 0 Å². The molecule has 30 heavy (non-hydrogen) atoms. The number of pyridine rings is 1. The second-order valence-corrected chi connectivity index (χ2v) is 7.80. The lowest BCUT2D eigenvalue weighted by atomic mass is 10.1. The molecule has 9 heteroatoms. The van der Waals surface area contributed by atoms with Gasteiger partial charge in [0.25, 0.3) is 5.91 Å². The molecule has 0 atom stereocenters. The van der Waals surface area contributed by atoms with Crippen LogP contribution in [0.4, 0.5) is 10.2 Å². The fourth-order valence-electron chi connectivity index (χ4n) is 3.29. The van der Waals surface area contributed by atoms with Crippen LogP contribution in [-0.4, -0.2) is 52.1 Å². The Morgan fingerprint density at radius 3 is 2.53 bits per heavy atom. The van der Waals surface area contributed by atoms with Gasteiger partial charge < -0.3 is 14.3 Å². The van der Waals surface area contributed by atoms with Crippen LogP contribution in [0.3, 0.4) is 0 Å². The second kappa shape index (κ2) is 8.39. The molecule has 0 radical (unpaired) electrons. The van der Waals surface area contributed by atoms with Crippen LogP contribution in [0.25, 0.3) is 11.4 Å². The fourth-order valence-corrected chi connectivity index (χ4v) is 3.54. The smallest absolute Gasteiger partial charge is 0.258 e. The number of carbonyl (C=O) groups is 1. The number of piperazine rings is 1. The molecule has 3 heterocycles. The van der Waals surface area contributed by atoms with E-state index in [2.05, 4.69) is 20.0 Å². The van der Waals surface area contributed by atoms with Gasteiger partial charge in [0.15, 0.2) is 0 Å². The SMILES string of the molecule is CC(C)c1nc(-c2ccc(N3CCN(C(=O)c4c(F)cccc4Cl)CC3)nc2)no1. The molecule has 3 aromatic rings. The van der Waals surface area contributed by atoms with Crippen LogP contribution in [-0.2, 0) is 0 Å². The molecule has 1 aliphatic rings. The van der Waals surface area contributed by atoms with Crippen LogP contribution in [0.2, 0.25) is 5.02 Å². The summed E-state index contributed by atoms with van der Waals surface area (Å²) in [7, 11) is 0. The average molecular weight is 430 g/mol. The summed E-state index contributed by atoms with van der Waals surface area (Å²) in [5.41, 5.74) is 0.702. The number of aromatic nitrogens is 3. The monoisotopic (exact) mass is 429 g/mol. The zero-order valence-electron chi connectivity index (χ0n) is 16.7. The quantitative estimate of drug-likeness (QED) is 0.623. The molecule has 0 unspecified atom stereocenters. The maximum absolute atomic E-state index is 14.1. The summed E-state index contributed by atoms with van der Waals surface area (Å²) in [5, 5.41) is 4.12. The number of hydrogen-bond acceptors (Lipinski definition) is 6. The highest BCUT2D eigenvalue weighted by atomic mass is 35.5. The normalized spacial score (nSPS) is 14.4. The fraction of sp³-hybridized carbons (Fsp3) is 0.333. The summed E-state index contributed by atoms with van der Waals surface area (Å²) in [4.78, 5) is 25.3. The molecule has 4 rings (SSSR count). The van der Waals surface area contributed by atoms with Crippen molar-refractivity contribution in [2.24, 2.45) is 0 Å². The van der Waals surface area contributed by atoms with E-state index in [1.807, 2.05) is 26.0 Å². The van der Waals surface area contributed by atoms with Gasteiger partial charge in [0.05, 0.1) is 10.6 Å². The summed E-state index contributed by atoms with van der Waals surface area (Å²) in [5.74, 6) is 1.06. The summed E-state index contributed by atoms with van der Waals surface area (Å²) in [6.07, 6.45) is 1.71. The van der Waals surface area contributed by atoms with E-state index in [0.29, 0.717) is 37.9 Å². The summed E-state index contributed by atoms with van der Waals surface area (Å²) in [6, 6.07) is 8.04. The molecule has 1 amide bonds. The van der Waals surface area contributed by atoms with Gasteiger partial charge in [-0.25, -0.2) is 9.37 Å². The number of amides is 1. The van der Waals surface area contributed by atoms with Gasteiger partial charge in [-0.2, -0.15) is 4.98 Å². The average Bonchev–Trinajstić information content (AvgIpc) is 3.24. The minimum atomic E-state index is -0.603. The molecule has 2 aromatic heterocycles. The lowest BCUT2D eigenvalue weighted by molar-refractivity contribution is 0.0742. The van der Waals surface area contributed by atoms with Crippen LogP contribution in [0.15, 0.2) is 41.1 Å². The van der Waals surface area contributed by atoms with Crippen molar-refractivity contribution in [1.29, 1.82) is 0 Å². The van der Waals surface area contributed by atoms with Crippen molar-refractivity contribution < 1.29 is 13.7 Å². The number of hydrogen-bond donors (Lipinski definition) is 0. The Morgan fingerprint density at radius 2 is 1.93 bits per heavy atom. The lowest BCUT2D eigenvalue weighted by Gasteiger charge is -2.35. The van der Waals surface area contributed by atoms with E-state index in [9.17, 15) is 9.18 Å². The highest BCUT2D eigenvalue weighted by Gasteiger charge is 2.26. The predicted molar refractivity (Wildman–Crippen MR) is 111 cm³/mol. The summed E-state index contributed by atoms with van der Waals surface area (Å²) in [6.45, 7) is 6.06. The van der Waals surface area contributed by atoms with Gasteiger partial charge in [-0.1, -0.05) is 36.7 Å². The van der Waals surface area contributed by atoms with Crippen molar-refractivity contribution in [1.82, 2.24) is 20.0 Å². The molecule has 1 saturated heterocycles. The number of benzene rings is 1. The molecule has 1 aromatic carbocycles. The molecular weight excluding hydrogens is 409 g/mol. The molecular formula is C21H21ClFN5O2. The summed E-state index contributed by atoms with van der Waals surface area (Å²) < 4.78 is 19.3. The maximum atomic E-state index is 14.1. The molecule has 0 aliphatic carbocycles. The zero-order valence-corrected chi connectivity index (χ0v) is 17.4. The number of rotatable bonds is 4. The molecule has 0 spiro atoms. The van der Waals surface area contributed by atoms with Crippen LogP contribution < -0.4 is 4.90 Å². The number of nitrogens with zero attached hydrogens (tertiary/aromatic N) is 5. The van der Waals surface area contributed by atoms with Crippen molar-refractivity contribution in [3.05, 3.63) is 58.8 Å². The summed E-state index contributed by atoms with van der Waals surface area (Å²) >= 11 is 6.03. The van der Waals surface area contributed by atoms with Gasteiger partial charge in [-0.3, -0.25) is 4.79 Å². The van der Waals surface area contributed by atoms with Crippen LogP contribution in [0, 0.1) is 5.82 Å². The van der Waals surface area contributed by atoms with Gasteiger partial charge in [-0.15, -0.1) is 0 Å². The van der Waals surface area contributed by atoms with E-state index in [-0.39, 0.29) is 22.4 Å². The Bertz CT molecular complexity index is 1030. The van der Waals surface area contributed by atoms with Crippen LogP contribution in [0.1, 0.15) is 36.0 Å². The van der Waals surface area contributed by atoms with E-state index in [4.69, 9.17) is 16.1 Å². The van der Waals surface area contributed by atoms with Gasteiger partial charge in [0.2, 0.25) is 11.7 Å². The van der Waals surface area contributed by atoms with E-state index < -0.39 is 5.82 Å². The van der Waals surface area contributed by atoms with E-state index in [0.717, 1.165) is 11.4 Å². The topological polar surface area (TPSA) is 75.4 Å². The second-order valence-electron chi connectivity index (χ2n) is 7.39. The Hall–Kier alpha value is -3.00. The maximum Gasteiger partial charge on any atom is 0.258 e. The highest BCUT2D eigenvalue weighted by molar-refractivity contribution is 6.33. The Balaban J connectivity index is 1.41. The third kappa shape index (κ3) is 4.00. The van der Waals surface area contributed by atoms with Gasteiger partial charge in [0, 0.05) is 43.9 Å². The zero-order chi connectivity index (χ0) is 21.3. The Kier molecular flexibility index (Phi) is 5.67. The molecule has 0 N–H and O–H groups in total.